The van der Waals surface area contributed by atoms with Crippen LogP contribution in [-0.4, -0.2) is 12.1 Å². The summed E-state index contributed by atoms with van der Waals surface area (Å²) in [5.41, 5.74) is 6.30. The lowest BCUT2D eigenvalue weighted by Crippen LogP contribution is -2.30. The number of hydrogen-bond donors (Lipinski definition) is 2. The van der Waals surface area contributed by atoms with Gasteiger partial charge in [-0.2, -0.15) is 13.2 Å². The number of anilines is 2. The van der Waals surface area contributed by atoms with Gasteiger partial charge in [-0.1, -0.05) is 6.07 Å². The Labute approximate surface area is 84.1 Å². The fourth-order valence-corrected chi connectivity index (χ4v) is 0.989. The topological polar surface area (TPSA) is 55.1 Å². The van der Waals surface area contributed by atoms with Crippen molar-refractivity contribution in [1.29, 1.82) is 0 Å². The molecule has 0 saturated carbocycles. The van der Waals surface area contributed by atoms with Gasteiger partial charge < -0.3 is 11.1 Å². The fourth-order valence-electron chi connectivity index (χ4n) is 0.989. The molecule has 0 aromatic heterocycles. The molecular formula is C9H9F3N2O. The van der Waals surface area contributed by atoms with Crippen LogP contribution in [0.2, 0.25) is 0 Å². The predicted molar refractivity (Wildman–Crippen MR) is 50.3 cm³/mol. The van der Waals surface area contributed by atoms with Crippen molar-refractivity contribution in [3.8, 4) is 0 Å². The average molecular weight is 218 g/mol. The molecule has 0 atom stereocenters. The van der Waals surface area contributed by atoms with E-state index >= 15 is 0 Å². The summed E-state index contributed by atoms with van der Waals surface area (Å²) in [6, 6.07) is 4.36. The van der Waals surface area contributed by atoms with Crippen molar-refractivity contribution in [2.45, 2.75) is 13.1 Å². The second-order valence-corrected chi connectivity index (χ2v) is 3.04. The van der Waals surface area contributed by atoms with Gasteiger partial charge in [-0.15, -0.1) is 0 Å². The minimum atomic E-state index is -4.91. The molecule has 0 unspecified atom stereocenters. The van der Waals surface area contributed by atoms with E-state index in [2.05, 4.69) is 0 Å². The molecule has 0 spiro atoms. The van der Waals surface area contributed by atoms with E-state index in [0.717, 1.165) is 5.56 Å². The maximum atomic E-state index is 11.9. The largest absolute Gasteiger partial charge is 0.471 e. The molecule has 1 aromatic rings. The van der Waals surface area contributed by atoms with Gasteiger partial charge in [0.1, 0.15) is 0 Å². The van der Waals surface area contributed by atoms with Gasteiger partial charge in [-0.3, -0.25) is 4.79 Å². The van der Waals surface area contributed by atoms with Crippen molar-refractivity contribution in [1.82, 2.24) is 0 Å². The Hall–Kier alpha value is -1.72. The highest BCUT2D eigenvalue weighted by Gasteiger charge is 2.38. The molecule has 0 radical (unpaired) electrons. The van der Waals surface area contributed by atoms with Crippen LogP contribution >= 0.6 is 0 Å². The SMILES string of the molecule is Cc1ccc(NC(=O)C(F)(F)F)c(N)c1. The number of benzene rings is 1. The van der Waals surface area contributed by atoms with Gasteiger partial charge in [0.15, 0.2) is 0 Å². The first kappa shape index (κ1) is 11.4. The quantitative estimate of drug-likeness (QED) is 0.709. The Kier molecular flexibility index (Phi) is 2.88. The molecule has 3 N–H and O–H groups in total. The number of carbonyl (C=O) groups is 1. The molecule has 0 saturated heterocycles. The van der Waals surface area contributed by atoms with Gasteiger partial charge in [0.25, 0.3) is 0 Å². The lowest BCUT2D eigenvalue weighted by Gasteiger charge is -2.10. The number of nitrogen functional groups attached to an aromatic ring is 1. The molecule has 1 amide bonds. The second kappa shape index (κ2) is 3.80. The number of rotatable bonds is 1. The van der Waals surface area contributed by atoms with E-state index in [1.807, 2.05) is 0 Å². The molecule has 6 heteroatoms. The molecule has 0 bridgehead atoms. The van der Waals surface area contributed by atoms with E-state index in [9.17, 15) is 18.0 Å². The summed E-state index contributed by atoms with van der Waals surface area (Å²) in [5, 5.41) is 1.69. The molecule has 0 heterocycles. The third-order valence-corrected chi connectivity index (χ3v) is 1.71. The Bertz CT molecular complexity index is 387. The predicted octanol–water partition coefficient (Wildman–Crippen LogP) is 2.08. The summed E-state index contributed by atoms with van der Waals surface area (Å²) < 4.78 is 35.7. The minimum absolute atomic E-state index is 0.0390. The maximum absolute atomic E-state index is 11.9. The molecule has 3 nitrogen and oxygen atoms in total. The number of amides is 1. The van der Waals surface area contributed by atoms with Crippen LogP contribution in [0.25, 0.3) is 0 Å². The summed E-state index contributed by atoms with van der Waals surface area (Å²) in [6.45, 7) is 1.74. The van der Waals surface area contributed by atoms with E-state index in [-0.39, 0.29) is 11.4 Å². The number of alkyl halides is 3. The highest BCUT2D eigenvalue weighted by atomic mass is 19.4. The van der Waals surface area contributed by atoms with E-state index in [4.69, 9.17) is 5.73 Å². The summed E-state index contributed by atoms with van der Waals surface area (Å²) in [4.78, 5) is 10.6. The summed E-state index contributed by atoms with van der Waals surface area (Å²) in [7, 11) is 0. The van der Waals surface area contributed by atoms with Crippen molar-refractivity contribution in [2.24, 2.45) is 0 Å². The Morgan fingerprint density at radius 2 is 2.00 bits per heavy atom. The van der Waals surface area contributed by atoms with Crippen LogP contribution in [0.4, 0.5) is 24.5 Å². The Balaban J connectivity index is 2.87. The average Bonchev–Trinajstić information content (AvgIpc) is 2.08. The molecule has 1 rings (SSSR count). The molecule has 82 valence electrons. The Morgan fingerprint density at radius 3 is 2.47 bits per heavy atom. The maximum Gasteiger partial charge on any atom is 0.471 e. The third-order valence-electron chi connectivity index (χ3n) is 1.71. The zero-order valence-corrected chi connectivity index (χ0v) is 7.85. The summed E-state index contributed by atoms with van der Waals surface area (Å²) >= 11 is 0. The summed E-state index contributed by atoms with van der Waals surface area (Å²) in [6.07, 6.45) is -4.91. The first-order chi connectivity index (χ1) is 6.80. The van der Waals surface area contributed by atoms with Crippen LogP contribution < -0.4 is 11.1 Å². The number of halogens is 3. The zero-order chi connectivity index (χ0) is 11.6. The number of aryl methyl sites for hydroxylation is 1. The van der Waals surface area contributed by atoms with Crippen molar-refractivity contribution in [3.63, 3.8) is 0 Å². The standard InChI is InChI=1S/C9H9F3N2O/c1-5-2-3-7(6(13)4-5)14-8(15)9(10,11)12/h2-4H,13H2,1H3,(H,14,15). The molecule has 0 fully saturated rings. The highest BCUT2D eigenvalue weighted by Crippen LogP contribution is 2.23. The molecular weight excluding hydrogens is 209 g/mol. The molecule has 0 aliphatic heterocycles. The first-order valence-electron chi connectivity index (χ1n) is 4.05. The Morgan fingerprint density at radius 1 is 1.40 bits per heavy atom. The van der Waals surface area contributed by atoms with Crippen LogP contribution in [0.3, 0.4) is 0 Å². The van der Waals surface area contributed by atoms with Crippen molar-refractivity contribution < 1.29 is 18.0 Å². The van der Waals surface area contributed by atoms with Gasteiger partial charge in [0.2, 0.25) is 0 Å². The van der Waals surface area contributed by atoms with Gasteiger partial charge in [-0.25, -0.2) is 0 Å². The van der Waals surface area contributed by atoms with Gasteiger partial charge in [-0.05, 0) is 24.6 Å². The normalized spacial score (nSPS) is 11.2. The molecule has 0 aliphatic carbocycles. The van der Waals surface area contributed by atoms with Crippen LogP contribution in [0.5, 0.6) is 0 Å². The van der Waals surface area contributed by atoms with Gasteiger partial charge in [0, 0.05) is 0 Å². The second-order valence-electron chi connectivity index (χ2n) is 3.04. The van der Waals surface area contributed by atoms with Crippen molar-refractivity contribution in [2.75, 3.05) is 11.1 Å². The van der Waals surface area contributed by atoms with Crippen LogP contribution in [0.1, 0.15) is 5.56 Å². The molecule has 1 aromatic carbocycles. The fraction of sp³-hybridized carbons (Fsp3) is 0.222. The van der Waals surface area contributed by atoms with Crippen LogP contribution in [0.15, 0.2) is 18.2 Å². The first-order valence-corrected chi connectivity index (χ1v) is 4.05. The molecule has 15 heavy (non-hydrogen) atoms. The lowest BCUT2D eigenvalue weighted by atomic mass is 10.2. The van der Waals surface area contributed by atoms with E-state index in [1.54, 1.807) is 18.3 Å². The van der Waals surface area contributed by atoms with Crippen LogP contribution in [0, 0.1) is 6.92 Å². The van der Waals surface area contributed by atoms with E-state index in [0.29, 0.717) is 0 Å². The van der Waals surface area contributed by atoms with E-state index in [1.165, 1.54) is 12.1 Å². The van der Waals surface area contributed by atoms with E-state index < -0.39 is 12.1 Å². The van der Waals surface area contributed by atoms with Crippen molar-refractivity contribution in [3.05, 3.63) is 23.8 Å². The highest BCUT2D eigenvalue weighted by molar-refractivity contribution is 5.97. The van der Waals surface area contributed by atoms with Crippen molar-refractivity contribution >= 4 is 17.3 Å². The molecule has 0 aliphatic rings. The minimum Gasteiger partial charge on any atom is -0.397 e. The van der Waals surface area contributed by atoms with Gasteiger partial charge in [0.05, 0.1) is 11.4 Å². The third kappa shape index (κ3) is 2.87. The monoisotopic (exact) mass is 218 g/mol. The van der Waals surface area contributed by atoms with Crippen LogP contribution in [-0.2, 0) is 4.79 Å². The number of carbonyl (C=O) groups excluding carboxylic acids is 1. The summed E-state index contributed by atoms with van der Waals surface area (Å²) in [5.74, 6) is -2.03. The van der Waals surface area contributed by atoms with Gasteiger partial charge >= 0.3 is 12.1 Å². The lowest BCUT2D eigenvalue weighted by molar-refractivity contribution is -0.167. The zero-order valence-electron chi connectivity index (χ0n) is 7.85. The smallest absolute Gasteiger partial charge is 0.397 e. The number of nitrogens with two attached hydrogens (primary N) is 1. The number of hydrogen-bond acceptors (Lipinski definition) is 2. The number of nitrogens with one attached hydrogen (secondary N) is 1.